The third kappa shape index (κ3) is 7.81. The first-order valence-corrected chi connectivity index (χ1v) is 15.1. The Bertz CT molecular complexity index is 1540. The van der Waals surface area contributed by atoms with Crippen LogP contribution in [0.15, 0.2) is 72.8 Å². The lowest BCUT2D eigenvalue weighted by molar-refractivity contribution is -0.138. The number of hydrogen-bond acceptors (Lipinski definition) is 5. The van der Waals surface area contributed by atoms with Gasteiger partial charge in [0.1, 0.15) is 0 Å². The zero-order valence-corrected chi connectivity index (χ0v) is 24.2. The number of carboxylic acid groups (broad SMARTS) is 1. The molecule has 4 aromatic rings. The van der Waals surface area contributed by atoms with Crippen molar-refractivity contribution in [1.29, 1.82) is 0 Å². The Morgan fingerprint density at radius 1 is 0.884 bits per heavy atom. The molecular formula is C33H32F3N3O3S. The van der Waals surface area contributed by atoms with Crippen LogP contribution in [0.4, 0.5) is 18.3 Å². The Labute approximate surface area is 252 Å². The van der Waals surface area contributed by atoms with Gasteiger partial charge in [-0.1, -0.05) is 79.1 Å². The van der Waals surface area contributed by atoms with Crippen molar-refractivity contribution in [2.75, 3.05) is 11.9 Å². The molecule has 1 saturated carbocycles. The van der Waals surface area contributed by atoms with Gasteiger partial charge in [-0.2, -0.15) is 13.2 Å². The minimum absolute atomic E-state index is 0.0500. The van der Waals surface area contributed by atoms with E-state index in [0.29, 0.717) is 34.4 Å². The molecule has 0 unspecified atom stereocenters. The van der Waals surface area contributed by atoms with Crippen molar-refractivity contribution in [1.82, 2.24) is 10.3 Å². The Kier molecular flexibility index (Phi) is 9.45. The van der Waals surface area contributed by atoms with E-state index in [0.717, 1.165) is 28.1 Å². The maximum Gasteiger partial charge on any atom is 0.416 e. The normalized spacial score (nSPS) is 13.9. The number of anilines is 1. The van der Waals surface area contributed by atoms with Gasteiger partial charge in [0.15, 0.2) is 5.13 Å². The molecule has 43 heavy (non-hydrogen) atoms. The fraction of sp³-hybridized carbons (Fsp3) is 0.303. The number of thiazole rings is 1. The summed E-state index contributed by atoms with van der Waals surface area (Å²) in [6.07, 6.45) is 1.61. The van der Waals surface area contributed by atoms with Crippen molar-refractivity contribution in [2.45, 2.75) is 57.2 Å². The largest absolute Gasteiger partial charge is 0.481 e. The summed E-state index contributed by atoms with van der Waals surface area (Å²) in [4.78, 5) is 28.5. The van der Waals surface area contributed by atoms with E-state index >= 15 is 0 Å². The summed E-state index contributed by atoms with van der Waals surface area (Å²) < 4.78 is 39.6. The Hall–Kier alpha value is -4.18. The third-order valence-electron chi connectivity index (χ3n) is 7.65. The van der Waals surface area contributed by atoms with Crippen LogP contribution in [0.5, 0.6) is 0 Å². The highest BCUT2D eigenvalue weighted by atomic mass is 32.1. The average molecular weight is 608 g/mol. The van der Waals surface area contributed by atoms with E-state index in [1.54, 1.807) is 24.3 Å². The van der Waals surface area contributed by atoms with E-state index in [1.165, 1.54) is 61.1 Å². The van der Waals surface area contributed by atoms with Crippen molar-refractivity contribution in [3.8, 4) is 21.7 Å². The molecule has 1 fully saturated rings. The minimum Gasteiger partial charge on any atom is -0.481 e. The predicted octanol–water partition coefficient (Wildman–Crippen LogP) is 8.36. The molecule has 0 atom stereocenters. The monoisotopic (exact) mass is 607 g/mol. The van der Waals surface area contributed by atoms with Crippen molar-refractivity contribution < 1.29 is 27.9 Å². The molecule has 1 amide bonds. The summed E-state index contributed by atoms with van der Waals surface area (Å²) in [6.45, 7) is 0.468. The zero-order valence-electron chi connectivity index (χ0n) is 23.4. The van der Waals surface area contributed by atoms with Crippen LogP contribution in [0.25, 0.3) is 21.7 Å². The first-order chi connectivity index (χ1) is 20.7. The van der Waals surface area contributed by atoms with Gasteiger partial charge in [-0.05, 0) is 59.7 Å². The molecule has 1 aliphatic carbocycles. The van der Waals surface area contributed by atoms with E-state index in [4.69, 9.17) is 10.1 Å². The molecule has 0 aliphatic heterocycles. The highest BCUT2D eigenvalue weighted by molar-refractivity contribution is 7.19. The number of benzene rings is 3. The van der Waals surface area contributed by atoms with Crippen LogP contribution >= 0.6 is 11.3 Å². The van der Waals surface area contributed by atoms with Crippen LogP contribution < -0.4 is 10.6 Å². The highest BCUT2D eigenvalue weighted by Gasteiger charge is 2.30. The number of alkyl halides is 3. The number of nitrogens with one attached hydrogen (secondary N) is 2. The molecule has 3 aromatic carbocycles. The number of carbonyl (C=O) groups is 2. The molecule has 3 N–H and O–H groups in total. The molecule has 1 heterocycles. The Balaban J connectivity index is 1.35. The van der Waals surface area contributed by atoms with Gasteiger partial charge >= 0.3 is 12.1 Å². The Morgan fingerprint density at radius 3 is 2.16 bits per heavy atom. The summed E-state index contributed by atoms with van der Waals surface area (Å²) in [5.41, 5.74) is 4.10. The molecule has 6 nitrogen and oxygen atoms in total. The van der Waals surface area contributed by atoms with Crippen molar-refractivity contribution >= 4 is 28.3 Å². The first-order valence-electron chi connectivity index (χ1n) is 14.3. The molecule has 1 aliphatic rings. The predicted molar refractivity (Wildman–Crippen MR) is 162 cm³/mol. The third-order valence-corrected chi connectivity index (χ3v) is 8.71. The minimum atomic E-state index is -4.42. The maximum atomic E-state index is 13.2. The van der Waals surface area contributed by atoms with Gasteiger partial charge in [0.25, 0.3) is 5.91 Å². The molecule has 0 spiro atoms. The lowest BCUT2D eigenvalue weighted by atomic mass is 9.84. The number of nitrogens with zero attached hydrogens (tertiary/aromatic N) is 1. The summed E-state index contributed by atoms with van der Waals surface area (Å²) in [5.74, 6) is -0.760. The zero-order chi connectivity index (χ0) is 30.4. The van der Waals surface area contributed by atoms with Gasteiger partial charge in [-0.15, -0.1) is 0 Å². The van der Waals surface area contributed by atoms with E-state index in [9.17, 15) is 22.8 Å². The highest BCUT2D eigenvalue weighted by Crippen LogP contribution is 2.41. The van der Waals surface area contributed by atoms with E-state index in [2.05, 4.69) is 34.9 Å². The van der Waals surface area contributed by atoms with Gasteiger partial charge in [-0.25, -0.2) is 4.98 Å². The number of carboxylic acids is 1. The van der Waals surface area contributed by atoms with Crippen LogP contribution in [-0.2, 0) is 17.5 Å². The number of halogens is 3. The second-order valence-corrected chi connectivity index (χ2v) is 11.7. The quantitative estimate of drug-likeness (QED) is 0.169. The van der Waals surface area contributed by atoms with Gasteiger partial charge in [0.2, 0.25) is 0 Å². The second-order valence-electron chi connectivity index (χ2n) is 10.7. The summed E-state index contributed by atoms with van der Waals surface area (Å²) >= 11 is 1.44. The molecule has 10 heteroatoms. The van der Waals surface area contributed by atoms with Gasteiger partial charge in [0, 0.05) is 24.2 Å². The van der Waals surface area contributed by atoms with Crippen LogP contribution in [0, 0.1) is 0 Å². The maximum absolute atomic E-state index is 13.2. The number of aliphatic carboxylic acids is 1. The Morgan fingerprint density at radius 2 is 1.53 bits per heavy atom. The summed E-state index contributed by atoms with van der Waals surface area (Å²) in [6, 6.07) is 20.5. The van der Waals surface area contributed by atoms with Crippen molar-refractivity contribution in [3.05, 3.63) is 95.1 Å². The molecule has 0 saturated heterocycles. The lowest BCUT2D eigenvalue weighted by Crippen LogP contribution is -2.25. The average Bonchev–Trinajstić information content (AvgIpc) is 3.44. The van der Waals surface area contributed by atoms with Gasteiger partial charge < -0.3 is 15.7 Å². The fourth-order valence-electron chi connectivity index (χ4n) is 5.28. The molecule has 0 radical (unpaired) electrons. The number of rotatable bonds is 10. The first kappa shape index (κ1) is 30.3. The van der Waals surface area contributed by atoms with E-state index in [1.807, 2.05) is 0 Å². The van der Waals surface area contributed by atoms with E-state index in [-0.39, 0.29) is 18.9 Å². The molecular weight excluding hydrogens is 575 g/mol. The topological polar surface area (TPSA) is 91.3 Å². The van der Waals surface area contributed by atoms with Crippen molar-refractivity contribution in [3.63, 3.8) is 0 Å². The standard InChI is InChI=1S/C33H32F3N3O3S/c34-33(35,36)27-16-14-24(15-17-27)29-30(25-12-10-23(11-13-25)22-4-2-1-3-5-22)43-32(39-29)38-20-21-6-8-26(9-7-21)31(42)37-19-18-28(40)41/h6-17,22H,1-5,18-20H2,(H,37,42)(H,38,39)(H,40,41). The lowest BCUT2D eigenvalue weighted by Gasteiger charge is -2.22. The smallest absolute Gasteiger partial charge is 0.416 e. The SMILES string of the molecule is O=C(O)CCNC(=O)c1ccc(CNc2nc(-c3ccc(C(F)(F)F)cc3)c(-c3ccc(C4CCCCC4)cc3)s2)cc1. The van der Waals surface area contributed by atoms with E-state index < -0.39 is 17.7 Å². The van der Waals surface area contributed by atoms with Crippen LogP contribution in [0.3, 0.4) is 0 Å². The van der Waals surface area contributed by atoms with Crippen LogP contribution in [-0.4, -0.2) is 28.5 Å². The molecule has 5 rings (SSSR count). The number of carbonyl (C=O) groups excluding carboxylic acids is 1. The number of aromatic nitrogens is 1. The molecule has 224 valence electrons. The fourth-order valence-corrected chi connectivity index (χ4v) is 6.27. The summed E-state index contributed by atoms with van der Waals surface area (Å²) in [7, 11) is 0. The number of amides is 1. The summed E-state index contributed by atoms with van der Waals surface area (Å²) in [5, 5.41) is 15.2. The van der Waals surface area contributed by atoms with Crippen LogP contribution in [0.1, 0.15) is 71.5 Å². The number of hydrogen-bond donors (Lipinski definition) is 3. The molecule has 0 bridgehead atoms. The van der Waals surface area contributed by atoms with Gasteiger partial charge in [0.05, 0.1) is 22.6 Å². The molecule has 1 aromatic heterocycles. The van der Waals surface area contributed by atoms with Crippen molar-refractivity contribution in [2.24, 2.45) is 0 Å². The van der Waals surface area contributed by atoms with Gasteiger partial charge in [-0.3, -0.25) is 9.59 Å². The second kappa shape index (κ2) is 13.4. The van der Waals surface area contributed by atoms with Crippen LogP contribution in [0.2, 0.25) is 0 Å².